The van der Waals surface area contributed by atoms with Crippen LogP contribution in [0.15, 0.2) is 57.8 Å². The highest BCUT2D eigenvalue weighted by atomic mass is 32.2. The molecule has 0 amide bonds. The number of sulfonamides is 1. The number of carboxylic acid groups (broad SMARTS) is 1. The monoisotopic (exact) mass is 444 g/mol. The average molecular weight is 444 g/mol. The minimum Gasteiger partial charge on any atom is -0.480 e. The van der Waals surface area contributed by atoms with E-state index in [0.717, 1.165) is 23.5 Å². The van der Waals surface area contributed by atoms with Crippen LogP contribution < -0.4 is 4.80 Å². The SMILES string of the molecule is CCC(C(=O)O)n1c(=NS(=O)(=O)c2ccc(C(F)(F)F)cc2)sc2ccccc21. The van der Waals surface area contributed by atoms with Crippen LogP contribution in [-0.2, 0) is 21.0 Å². The fourth-order valence-electron chi connectivity index (χ4n) is 2.80. The van der Waals surface area contributed by atoms with Crippen LogP contribution >= 0.6 is 11.3 Å². The molecule has 1 aromatic heterocycles. The number of benzene rings is 2. The Morgan fingerprint density at radius 2 is 1.79 bits per heavy atom. The lowest BCUT2D eigenvalue weighted by Gasteiger charge is -2.13. The average Bonchev–Trinajstić information content (AvgIpc) is 2.99. The van der Waals surface area contributed by atoms with E-state index >= 15 is 0 Å². The third-order valence-corrected chi connectivity index (χ3v) is 6.63. The molecule has 6 nitrogen and oxygen atoms in total. The van der Waals surface area contributed by atoms with E-state index in [4.69, 9.17) is 0 Å². The van der Waals surface area contributed by atoms with Gasteiger partial charge in [0.2, 0.25) is 4.80 Å². The molecule has 0 aliphatic carbocycles. The zero-order valence-electron chi connectivity index (χ0n) is 14.9. The minimum atomic E-state index is -4.59. The first-order valence-corrected chi connectivity index (χ1v) is 10.6. The summed E-state index contributed by atoms with van der Waals surface area (Å²) in [6, 6.07) is 8.69. The lowest BCUT2D eigenvalue weighted by molar-refractivity contribution is -0.141. The van der Waals surface area contributed by atoms with Crippen molar-refractivity contribution in [1.29, 1.82) is 0 Å². The summed E-state index contributed by atoms with van der Waals surface area (Å²) in [5.41, 5.74) is -0.474. The first kappa shape index (κ1) is 21.1. The van der Waals surface area contributed by atoms with E-state index in [1.807, 2.05) is 0 Å². The molecule has 0 saturated heterocycles. The van der Waals surface area contributed by atoms with Crippen LogP contribution in [0.1, 0.15) is 24.9 Å². The van der Waals surface area contributed by atoms with Crippen molar-refractivity contribution >= 4 is 37.5 Å². The molecule has 0 fully saturated rings. The maximum Gasteiger partial charge on any atom is 0.416 e. The van der Waals surface area contributed by atoms with Crippen LogP contribution in [0.2, 0.25) is 0 Å². The second-order valence-electron chi connectivity index (χ2n) is 6.07. The van der Waals surface area contributed by atoms with Gasteiger partial charge in [-0.3, -0.25) is 0 Å². The van der Waals surface area contributed by atoms with Crippen LogP contribution in [0.5, 0.6) is 0 Å². The number of para-hydroxylation sites is 1. The van der Waals surface area contributed by atoms with Gasteiger partial charge in [-0.05, 0) is 42.8 Å². The molecule has 3 rings (SSSR count). The number of halogens is 3. The molecule has 0 spiro atoms. The van der Waals surface area contributed by atoms with Crippen molar-refractivity contribution in [2.45, 2.75) is 30.5 Å². The number of fused-ring (bicyclic) bond motifs is 1. The molecule has 0 bridgehead atoms. The number of carbonyl (C=O) groups is 1. The standard InChI is InChI=1S/C18H15F3N2O4S2/c1-2-13(16(24)25)23-14-5-3-4-6-15(14)28-17(23)22-29(26,27)12-9-7-11(8-10-12)18(19,20)21/h3-10,13H,2H2,1H3,(H,24,25). The van der Waals surface area contributed by atoms with Gasteiger partial charge in [-0.1, -0.05) is 30.4 Å². The summed E-state index contributed by atoms with van der Waals surface area (Å²) >= 11 is 0.988. The minimum absolute atomic E-state index is 0.0691. The molecule has 1 atom stereocenters. The van der Waals surface area contributed by atoms with Gasteiger partial charge in [0.15, 0.2) is 0 Å². The topological polar surface area (TPSA) is 88.7 Å². The van der Waals surface area contributed by atoms with E-state index in [1.54, 1.807) is 31.2 Å². The van der Waals surface area contributed by atoms with E-state index in [9.17, 15) is 31.5 Å². The normalized spacial score (nSPS) is 14.3. The smallest absolute Gasteiger partial charge is 0.416 e. The Kier molecular flexibility index (Phi) is 5.54. The van der Waals surface area contributed by atoms with Crippen molar-refractivity contribution in [3.05, 3.63) is 58.9 Å². The molecule has 0 aliphatic rings. The number of aromatic nitrogens is 1. The number of aliphatic carboxylic acids is 1. The Balaban J connectivity index is 2.20. The third kappa shape index (κ3) is 4.20. The summed E-state index contributed by atoms with van der Waals surface area (Å²) in [4.78, 5) is 11.2. The maximum atomic E-state index is 12.7. The Hall–Kier alpha value is -2.66. The fourth-order valence-corrected chi connectivity index (χ4v) is 5.06. The van der Waals surface area contributed by atoms with Crippen LogP contribution in [0.25, 0.3) is 10.2 Å². The number of carboxylic acids is 1. The number of alkyl halides is 3. The molecule has 1 unspecified atom stereocenters. The number of hydrogen-bond acceptors (Lipinski definition) is 4. The molecule has 3 aromatic rings. The Bertz CT molecular complexity index is 1230. The zero-order chi connectivity index (χ0) is 21.4. The summed E-state index contributed by atoms with van der Waals surface area (Å²) < 4.78 is 69.2. The van der Waals surface area contributed by atoms with E-state index in [1.165, 1.54) is 4.57 Å². The lowest BCUT2D eigenvalue weighted by Crippen LogP contribution is -2.27. The lowest BCUT2D eigenvalue weighted by atomic mass is 10.2. The van der Waals surface area contributed by atoms with Gasteiger partial charge in [0.1, 0.15) is 6.04 Å². The van der Waals surface area contributed by atoms with Gasteiger partial charge in [-0.2, -0.15) is 21.6 Å². The highest BCUT2D eigenvalue weighted by molar-refractivity contribution is 7.90. The molecular weight excluding hydrogens is 429 g/mol. The molecule has 154 valence electrons. The molecule has 0 saturated carbocycles. The number of nitrogens with zero attached hydrogens (tertiary/aromatic N) is 2. The predicted molar refractivity (Wildman–Crippen MR) is 101 cm³/mol. The molecule has 1 heterocycles. The summed E-state index contributed by atoms with van der Waals surface area (Å²) in [6.45, 7) is 1.65. The van der Waals surface area contributed by atoms with Crippen LogP contribution in [0, 0.1) is 0 Å². The molecule has 29 heavy (non-hydrogen) atoms. The van der Waals surface area contributed by atoms with Crippen molar-refractivity contribution in [3.63, 3.8) is 0 Å². The zero-order valence-corrected chi connectivity index (χ0v) is 16.6. The predicted octanol–water partition coefficient (Wildman–Crippen LogP) is 4.05. The molecule has 2 aromatic carbocycles. The van der Waals surface area contributed by atoms with Gasteiger partial charge in [0.25, 0.3) is 10.0 Å². The van der Waals surface area contributed by atoms with Gasteiger partial charge >= 0.3 is 12.1 Å². The highest BCUT2D eigenvalue weighted by Gasteiger charge is 2.30. The Morgan fingerprint density at radius 1 is 1.17 bits per heavy atom. The fraction of sp³-hybridized carbons (Fsp3) is 0.222. The summed E-state index contributed by atoms with van der Waals surface area (Å²) in [5, 5.41) is 9.54. The van der Waals surface area contributed by atoms with Crippen LogP contribution in [0.3, 0.4) is 0 Å². The van der Waals surface area contributed by atoms with Gasteiger partial charge < -0.3 is 9.67 Å². The van der Waals surface area contributed by atoms with Crippen molar-refractivity contribution in [1.82, 2.24) is 4.57 Å². The van der Waals surface area contributed by atoms with Crippen molar-refractivity contribution in [2.24, 2.45) is 4.40 Å². The first-order chi connectivity index (χ1) is 13.5. The van der Waals surface area contributed by atoms with Gasteiger partial charge in [0, 0.05) is 0 Å². The van der Waals surface area contributed by atoms with Gasteiger partial charge in [-0.25, -0.2) is 4.79 Å². The van der Waals surface area contributed by atoms with Crippen LogP contribution in [-0.4, -0.2) is 24.1 Å². The quantitative estimate of drug-likeness (QED) is 0.643. The molecular formula is C18H15F3N2O4S2. The Labute approximate surface area is 167 Å². The Morgan fingerprint density at radius 3 is 2.34 bits per heavy atom. The summed E-state index contributed by atoms with van der Waals surface area (Å²) in [5.74, 6) is -1.15. The van der Waals surface area contributed by atoms with Crippen molar-refractivity contribution in [3.8, 4) is 0 Å². The van der Waals surface area contributed by atoms with Crippen LogP contribution in [0.4, 0.5) is 13.2 Å². The highest BCUT2D eigenvalue weighted by Crippen LogP contribution is 2.30. The largest absolute Gasteiger partial charge is 0.480 e. The molecule has 0 radical (unpaired) electrons. The number of rotatable bonds is 5. The second kappa shape index (κ2) is 7.64. The second-order valence-corrected chi connectivity index (χ2v) is 8.69. The van der Waals surface area contributed by atoms with Gasteiger partial charge in [-0.15, -0.1) is 4.40 Å². The molecule has 1 N–H and O–H groups in total. The van der Waals surface area contributed by atoms with Crippen molar-refractivity contribution in [2.75, 3.05) is 0 Å². The van der Waals surface area contributed by atoms with Crippen molar-refractivity contribution < 1.29 is 31.5 Å². The molecule has 0 aliphatic heterocycles. The number of thiazole rings is 1. The van der Waals surface area contributed by atoms with E-state index < -0.39 is 38.7 Å². The van der Waals surface area contributed by atoms with Gasteiger partial charge in [0.05, 0.1) is 20.7 Å². The van der Waals surface area contributed by atoms with E-state index in [0.29, 0.717) is 22.3 Å². The third-order valence-electron chi connectivity index (χ3n) is 4.19. The summed E-state index contributed by atoms with van der Waals surface area (Å²) in [6.07, 6.45) is -4.41. The maximum absolute atomic E-state index is 12.7. The van der Waals surface area contributed by atoms with E-state index in [-0.39, 0.29) is 11.2 Å². The number of hydrogen-bond donors (Lipinski definition) is 1. The first-order valence-electron chi connectivity index (χ1n) is 8.35. The van der Waals surface area contributed by atoms with E-state index in [2.05, 4.69) is 4.40 Å². The molecule has 11 heteroatoms. The summed E-state index contributed by atoms with van der Waals surface area (Å²) in [7, 11) is -4.36.